The maximum Gasteiger partial charge on any atom is 0.310 e. The average Bonchev–Trinajstić information content (AvgIpc) is 2.74. The Balaban J connectivity index is 0.00000450. The molecule has 1 aromatic rings. The third kappa shape index (κ3) is 9.11. The van der Waals surface area contributed by atoms with Gasteiger partial charge in [0.1, 0.15) is 6.54 Å². The molecule has 168 valence electrons. The van der Waals surface area contributed by atoms with E-state index >= 15 is 0 Å². The monoisotopic (exact) mass is 548 g/mol. The smallest absolute Gasteiger partial charge is 0.310 e. The van der Waals surface area contributed by atoms with Crippen LogP contribution in [0.2, 0.25) is 0 Å². The van der Waals surface area contributed by atoms with Gasteiger partial charge in [-0.1, -0.05) is 18.2 Å². The van der Waals surface area contributed by atoms with Gasteiger partial charge in [-0.2, -0.15) is 0 Å². The Bertz CT molecular complexity index is 688. The summed E-state index contributed by atoms with van der Waals surface area (Å²) in [5.41, 5.74) is 0. The van der Waals surface area contributed by atoms with Crippen LogP contribution in [0.25, 0.3) is 0 Å². The summed E-state index contributed by atoms with van der Waals surface area (Å²) in [4.78, 5) is 33.5. The molecule has 7 nitrogen and oxygen atoms in total. The number of carbonyl (C=O) groups is 2. The van der Waals surface area contributed by atoms with Gasteiger partial charge in [-0.05, 0) is 31.9 Å². The zero-order valence-electron chi connectivity index (χ0n) is 18.0. The number of likely N-dealkylation sites (tertiary alicyclic amines) is 1. The van der Waals surface area contributed by atoms with E-state index < -0.39 is 0 Å². The summed E-state index contributed by atoms with van der Waals surface area (Å²) in [5.74, 6) is 1.20. The number of amides is 1. The number of guanidine groups is 1. The number of carbonyl (C=O) groups excluding carboxylic acids is 2. The van der Waals surface area contributed by atoms with Crippen molar-refractivity contribution in [3.63, 3.8) is 0 Å². The Morgan fingerprint density at radius 3 is 2.70 bits per heavy atom. The summed E-state index contributed by atoms with van der Waals surface area (Å²) < 4.78 is 5.20. The Hall–Kier alpha value is -1.49. The van der Waals surface area contributed by atoms with Gasteiger partial charge < -0.3 is 19.9 Å². The molecule has 1 atom stereocenters. The number of hydrogen-bond acceptors (Lipinski definition) is 5. The van der Waals surface area contributed by atoms with E-state index in [1.54, 1.807) is 25.9 Å². The summed E-state index contributed by atoms with van der Waals surface area (Å²) in [6.07, 6.45) is 1.72. The van der Waals surface area contributed by atoms with Crippen molar-refractivity contribution in [1.29, 1.82) is 0 Å². The van der Waals surface area contributed by atoms with E-state index in [9.17, 15) is 9.59 Å². The van der Waals surface area contributed by atoms with Gasteiger partial charge in [0.2, 0.25) is 5.91 Å². The van der Waals surface area contributed by atoms with Gasteiger partial charge in [-0.25, -0.2) is 4.99 Å². The summed E-state index contributed by atoms with van der Waals surface area (Å²) in [6.45, 7) is 4.39. The highest BCUT2D eigenvalue weighted by Gasteiger charge is 2.28. The van der Waals surface area contributed by atoms with Crippen molar-refractivity contribution in [1.82, 2.24) is 15.1 Å². The van der Waals surface area contributed by atoms with E-state index in [2.05, 4.69) is 27.3 Å². The number of nitrogens with one attached hydrogen (secondary N) is 1. The van der Waals surface area contributed by atoms with Gasteiger partial charge in [0.15, 0.2) is 5.96 Å². The molecule has 1 N–H and O–H groups in total. The molecule has 1 heterocycles. The van der Waals surface area contributed by atoms with E-state index in [1.807, 2.05) is 25.1 Å². The van der Waals surface area contributed by atoms with Crippen LogP contribution in [0.1, 0.15) is 19.8 Å². The zero-order chi connectivity index (χ0) is 21.1. The van der Waals surface area contributed by atoms with Crippen LogP contribution >= 0.6 is 35.7 Å². The predicted octanol–water partition coefficient (Wildman–Crippen LogP) is 2.71. The van der Waals surface area contributed by atoms with Gasteiger partial charge in [0.25, 0.3) is 0 Å². The quantitative estimate of drug-likeness (QED) is 0.135. The topological polar surface area (TPSA) is 74.2 Å². The van der Waals surface area contributed by atoms with Gasteiger partial charge in [0, 0.05) is 44.4 Å². The van der Waals surface area contributed by atoms with E-state index in [0.717, 1.165) is 31.7 Å². The van der Waals surface area contributed by atoms with Gasteiger partial charge in [-0.15, -0.1) is 35.7 Å². The number of ether oxygens (including phenoxy) is 1. The fourth-order valence-electron chi connectivity index (χ4n) is 3.02. The second kappa shape index (κ2) is 14.5. The lowest BCUT2D eigenvalue weighted by Crippen LogP contribution is -2.49. The third-order valence-corrected chi connectivity index (χ3v) is 5.61. The minimum Gasteiger partial charge on any atom is -0.466 e. The molecule has 0 radical (unpaired) electrons. The lowest BCUT2D eigenvalue weighted by Gasteiger charge is -2.34. The third-order valence-electron chi connectivity index (χ3n) is 4.60. The summed E-state index contributed by atoms with van der Waals surface area (Å²) in [6, 6.07) is 10.2. The van der Waals surface area contributed by atoms with Crippen LogP contribution < -0.4 is 5.32 Å². The molecule has 9 heteroatoms. The largest absolute Gasteiger partial charge is 0.466 e. The summed E-state index contributed by atoms with van der Waals surface area (Å²) >= 11 is 1.77. The number of likely N-dealkylation sites (N-methyl/N-ethyl adjacent to an activating group) is 1. The number of esters is 1. The first kappa shape index (κ1) is 26.5. The lowest BCUT2D eigenvalue weighted by atomic mass is 9.98. The molecule has 0 aliphatic carbocycles. The Labute approximate surface area is 201 Å². The molecule has 1 aliphatic heterocycles. The Morgan fingerprint density at radius 2 is 2.03 bits per heavy atom. The molecule has 1 aliphatic rings. The normalized spacial score (nSPS) is 16.4. The van der Waals surface area contributed by atoms with Crippen molar-refractivity contribution in [3.05, 3.63) is 30.3 Å². The number of rotatable bonds is 8. The lowest BCUT2D eigenvalue weighted by molar-refractivity contribution is -0.149. The number of thioether (sulfide) groups is 1. The highest BCUT2D eigenvalue weighted by atomic mass is 127. The first-order valence-corrected chi connectivity index (χ1v) is 11.1. The maximum absolute atomic E-state index is 12.2. The molecule has 1 amide bonds. The molecule has 1 aromatic carbocycles. The van der Waals surface area contributed by atoms with Crippen LogP contribution in [0.15, 0.2) is 40.2 Å². The number of hydrogen-bond donors (Lipinski definition) is 1. The number of nitrogens with zero attached hydrogens (tertiary/aromatic N) is 3. The fraction of sp³-hybridized carbons (Fsp3) is 0.571. The second-order valence-corrected chi connectivity index (χ2v) is 8.22. The van der Waals surface area contributed by atoms with E-state index in [-0.39, 0.29) is 48.3 Å². The molecular weight excluding hydrogens is 515 g/mol. The number of benzene rings is 1. The number of halogens is 1. The minimum absolute atomic E-state index is 0. The van der Waals surface area contributed by atoms with E-state index in [4.69, 9.17) is 4.74 Å². The van der Waals surface area contributed by atoms with Crippen LogP contribution in [0.4, 0.5) is 0 Å². The van der Waals surface area contributed by atoms with Crippen LogP contribution in [0.5, 0.6) is 0 Å². The van der Waals surface area contributed by atoms with E-state index in [1.165, 1.54) is 9.80 Å². The van der Waals surface area contributed by atoms with E-state index in [0.29, 0.717) is 19.1 Å². The SMILES string of the molecule is CCOC(=O)C1CCCN(C(=NCC(=O)N(C)C)NCCSc2ccccc2)C1.I. The average molecular weight is 548 g/mol. The minimum atomic E-state index is -0.154. The van der Waals surface area contributed by atoms with Crippen LogP contribution in [-0.2, 0) is 14.3 Å². The second-order valence-electron chi connectivity index (χ2n) is 7.05. The molecule has 0 saturated carbocycles. The predicted molar refractivity (Wildman–Crippen MR) is 133 cm³/mol. The molecule has 0 spiro atoms. The molecule has 30 heavy (non-hydrogen) atoms. The molecule has 0 aromatic heterocycles. The zero-order valence-corrected chi connectivity index (χ0v) is 21.2. The number of piperidine rings is 1. The first-order valence-electron chi connectivity index (χ1n) is 10.1. The highest BCUT2D eigenvalue weighted by molar-refractivity contribution is 14.0. The van der Waals surface area contributed by atoms with Crippen molar-refractivity contribution in [2.75, 3.05) is 52.6 Å². The highest BCUT2D eigenvalue weighted by Crippen LogP contribution is 2.19. The van der Waals surface area contributed by atoms with Crippen LogP contribution in [-0.4, -0.2) is 80.3 Å². The molecular formula is C21H33IN4O3S. The summed E-state index contributed by atoms with van der Waals surface area (Å²) in [7, 11) is 3.44. The van der Waals surface area contributed by atoms with Gasteiger partial charge in [0.05, 0.1) is 12.5 Å². The maximum atomic E-state index is 12.2. The van der Waals surface area contributed by atoms with Crippen LogP contribution in [0, 0.1) is 5.92 Å². The van der Waals surface area contributed by atoms with Gasteiger partial charge in [-0.3, -0.25) is 9.59 Å². The van der Waals surface area contributed by atoms with Crippen molar-refractivity contribution in [2.24, 2.45) is 10.9 Å². The van der Waals surface area contributed by atoms with Crippen molar-refractivity contribution < 1.29 is 14.3 Å². The first-order chi connectivity index (χ1) is 14.0. The van der Waals surface area contributed by atoms with Crippen molar-refractivity contribution >= 4 is 53.6 Å². The summed E-state index contributed by atoms with van der Waals surface area (Å²) in [5, 5.41) is 3.38. The Kier molecular flexibility index (Phi) is 12.8. The number of aliphatic imine (C=N–C) groups is 1. The Morgan fingerprint density at radius 1 is 1.30 bits per heavy atom. The van der Waals surface area contributed by atoms with Crippen molar-refractivity contribution in [3.8, 4) is 0 Å². The molecule has 1 fully saturated rings. The standard InChI is InChI=1S/C21H32N4O3S.HI/c1-4-28-20(27)17-9-8-13-25(16-17)21(23-15-19(26)24(2)3)22-12-14-29-18-10-6-5-7-11-18;/h5-7,10-11,17H,4,8-9,12-16H2,1-3H3,(H,22,23);1H. The molecule has 0 bridgehead atoms. The fourth-order valence-corrected chi connectivity index (χ4v) is 3.81. The molecule has 2 rings (SSSR count). The van der Waals surface area contributed by atoms with Gasteiger partial charge >= 0.3 is 5.97 Å². The van der Waals surface area contributed by atoms with Crippen molar-refractivity contribution in [2.45, 2.75) is 24.7 Å². The molecule has 1 saturated heterocycles. The molecule has 1 unspecified atom stereocenters. The van der Waals surface area contributed by atoms with Crippen LogP contribution in [0.3, 0.4) is 0 Å².